The zero-order chi connectivity index (χ0) is 28.4. The van der Waals surface area contributed by atoms with Gasteiger partial charge in [0.15, 0.2) is 5.78 Å². The van der Waals surface area contributed by atoms with Crippen molar-refractivity contribution in [1.82, 2.24) is 0 Å². The molecule has 10 nitrogen and oxygen atoms in total. The van der Waals surface area contributed by atoms with Gasteiger partial charge in [0.2, 0.25) is 0 Å². The lowest BCUT2D eigenvalue weighted by Crippen LogP contribution is -2.22. The fourth-order valence-electron chi connectivity index (χ4n) is 3.64. The molecule has 0 saturated heterocycles. The van der Waals surface area contributed by atoms with E-state index in [2.05, 4.69) is 20.9 Å². The minimum atomic E-state index is -0.598. The van der Waals surface area contributed by atoms with E-state index in [1.54, 1.807) is 19.2 Å². The monoisotopic (exact) mass is 539 g/mol. The summed E-state index contributed by atoms with van der Waals surface area (Å²) in [5.41, 5.74) is 9.42. The van der Waals surface area contributed by atoms with E-state index in [0.717, 1.165) is 40.6 Å². The van der Waals surface area contributed by atoms with Gasteiger partial charge in [0, 0.05) is 41.4 Å². The van der Waals surface area contributed by atoms with Gasteiger partial charge in [-0.25, -0.2) is 4.79 Å². The molecule has 3 amide bonds. The molecule has 0 unspecified atom stereocenters. The highest BCUT2D eigenvalue weighted by molar-refractivity contribution is 7.17. The Kier molecular flexibility index (Phi) is 11.0. The van der Waals surface area contributed by atoms with Crippen molar-refractivity contribution < 1.29 is 24.6 Å². The molecule has 0 bridgehead atoms. The molecular weight excluding hydrogens is 506 g/mol. The average Bonchev–Trinajstić information content (AvgIpc) is 3.17. The van der Waals surface area contributed by atoms with E-state index in [1.165, 1.54) is 30.4 Å². The van der Waals surface area contributed by atoms with E-state index in [-0.39, 0.29) is 23.0 Å². The Labute approximate surface area is 225 Å². The number of hydrogen-bond acceptors (Lipinski definition) is 8. The number of nitrogens with zero attached hydrogens (tertiary/aromatic N) is 2. The maximum Gasteiger partial charge on any atom is 0.324 e. The van der Waals surface area contributed by atoms with Gasteiger partial charge in [-0.2, -0.15) is 10.2 Å². The molecule has 2 aromatic carbocycles. The van der Waals surface area contributed by atoms with Crippen LogP contribution in [0.4, 0.5) is 21.2 Å². The number of aryl methyl sites for hydroxylation is 2. The van der Waals surface area contributed by atoms with Gasteiger partial charge in [-0.1, -0.05) is 32.4 Å². The van der Waals surface area contributed by atoms with Gasteiger partial charge in [-0.15, -0.1) is 11.3 Å². The van der Waals surface area contributed by atoms with Crippen LogP contribution in [0.15, 0.2) is 46.6 Å². The van der Waals surface area contributed by atoms with Gasteiger partial charge in [-0.05, 0) is 43.9 Å². The van der Waals surface area contributed by atoms with E-state index in [4.69, 9.17) is 5.73 Å². The lowest BCUT2D eigenvalue weighted by atomic mass is 10.0. The molecule has 3 rings (SSSR count). The van der Waals surface area contributed by atoms with Crippen LogP contribution in [-0.2, 0) is 12.8 Å². The van der Waals surface area contributed by atoms with Crippen molar-refractivity contribution >= 4 is 45.4 Å². The number of Topliss-reactive ketones (excluding diaryl/α,β-unsaturated/α-hetero) is 1. The second-order valence-corrected chi connectivity index (χ2v) is 9.46. The molecule has 1 aromatic heterocycles. The number of nitrogens with two attached hydrogens (primary N) is 1. The van der Waals surface area contributed by atoms with Crippen LogP contribution in [0, 0.1) is 6.92 Å². The van der Waals surface area contributed by atoms with Crippen LogP contribution < -0.4 is 16.4 Å². The number of phenolic OH excluding ortho intramolecular Hbond substituents is 2. The number of nitrogens with one attached hydrogen (secondary N) is 2. The zero-order valence-corrected chi connectivity index (χ0v) is 22.9. The number of phenols is 2. The molecule has 0 radical (unpaired) electrons. The summed E-state index contributed by atoms with van der Waals surface area (Å²) in [4.78, 5) is 36.1. The van der Waals surface area contributed by atoms with Crippen molar-refractivity contribution in [1.29, 1.82) is 0 Å². The third-order valence-electron chi connectivity index (χ3n) is 5.37. The maximum absolute atomic E-state index is 12.2. The summed E-state index contributed by atoms with van der Waals surface area (Å²) in [6.45, 7) is 7.47. The number of thiophene rings is 1. The molecule has 0 spiro atoms. The molecular formula is C27H33N5O5S. The number of carbonyl (C=O) groups excluding carboxylic acids is 3. The van der Waals surface area contributed by atoms with Crippen LogP contribution in [0.25, 0.3) is 0 Å². The number of aromatic hydroxyl groups is 2. The predicted molar refractivity (Wildman–Crippen MR) is 150 cm³/mol. The molecule has 0 aliphatic carbocycles. The van der Waals surface area contributed by atoms with Crippen molar-refractivity contribution in [2.24, 2.45) is 16.0 Å². The number of azo groups is 1. The third kappa shape index (κ3) is 8.13. The Bertz CT molecular complexity index is 1330. The number of ketones is 1. The fourth-order valence-corrected chi connectivity index (χ4v) is 4.83. The minimum Gasteiger partial charge on any atom is -0.508 e. The van der Waals surface area contributed by atoms with Crippen LogP contribution in [0.5, 0.6) is 11.5 Å². The molecule has 0 aliphatic rings. The van der Waals surface area contributed by atoms with Crippen LogP contribution >= 0.6 is 11.3 Å². The number of rotatable bonds is 8. The van der Waals surface area contributed by atoms with Crippen LogP contribution in [0.1, 0.15) is 63.9 Å². The first-order valence-corrected chi connectivity index (χ1v) is 12.8. The van der Waals surface area contributed by atoms with Crippen molar-refractivity contribution in [3.63, 3.8) is 0 Å². The molecule has 0 aliphatic heterocycles. The average molecular weight is 540 g/mol. The van der Waals surface area contributed by atoms with Gasteiger partial charge in [0.25, 0.3) is 5.91 Å². The van der Waals surface area contributed by atoms with Gasteiger partial charge in [-0.3, -0.25) is 14.9 Å². The van der Waals surface area contributed by atoms with Gasteiger partial charge in [0.05, 0.1) is 11.3 Å². The standard InChI is InChI=1S/C17H21N3O4S.C10H12N2O/c1-3-5-12-13(4-2)25-16(14(12)15(18)23)20-17(24)19-9-6-10(21)8-11(22)7-9;1-7-4-5-9(8(2)13)6-10(7)12-11-3/h6-8,21-22H,3-5H2,1-2H3,(H2,18,23)(H2,19,20,24);4-6H,1-3H3. The molecule has 6 N–H and O–H groups in total. The lowest BCUT2D eigenvalue weighted by molar-refractivity contribution is 0.0996. The number of hydrogen-bond donors (Lipinski definition) is 5. The summed E-state index contributed by atoms with van der Waals surface area (Å²) in [5.74, 6) is -0.886. The molecule has 11 heteroatoms. The number of carbonyl (C=O) groups is 3. The number of benzene rings is 2. The van der Waals surface area contributed by atoms with Gasteiger partial charge >= 0.3 is 6.03 Å². The Balaban J connectivity index is 0.000000328. The summed E-state index contributed by atoms with van der Waals surface area (Å²) >= 11 is 1.33. The summed E-state index contributed by atoms with van der Waals surface area (Å²) in [6, 6.07) is 8.57. The zero-order valence-electron chi connectivity index (χ0n) is 22.1. The summed E-state index contributed by atoms with van der Waals surface area (Å²) in [7, 11) is 1.61. The smallest absolute Gasteiger partial charge is 0.324 e. The molecule has 38 heavy (non-hydrogen) atoms. The first kappa shape index (κ1) is 30.0. The van der Waals surface area contributed by atoms with Crippen LogP contribution in [0.3, 0.4) is 0 Å². The van der Waals surface area contributed by atoms with E-state index in [9.17, 15) is 24.6 Å². The summed E-state index contributed by atoms with van der Waals surface area (Å²) < 4.78 is 0. The summed E-state index contributed by atoms with van der Waals surface area (Å²) in [6.07, 6.45) is 2.31. The van der Waals surface area contributed by atoms with Gasteiger partial charge < -0.3 is 21.3 Å². The highest BCUT2D eigenvalue weighted by atomic mass is 32.1. The fraction of sp³-hybridized carbons (Fsp3) is 0.296. The quantitative estimate of drug-likeness (QED) is 0.166. The normalized spacial score (nSPS) is 10.6. The van der Waals surface area contributed by atoms with Crippen LogP contribution in [-0.4, -0.2) is 35.0 Å². The van der Waals surface area contributed by atoms with Crippen LogP contribution in [0.2, 0.25) is 0 Å². The van der Waals surface area contributed by atoms with Crippen molar-refractivity contribution in [2.75, 3.05) is 17.7 Å². The van der Waals surface area contributed by atoms with Crippen molar-refractivity contribution in [3.05, 3.63) is 63.5 Å². The molecule has 3 aromatic rings. The predicted octanol–water partition coefficient (Wildman–Crippen LogP) is 6.33. The first-order valence-electron chi connectivity index (χ1n) is 12.0. The first-order chi connectivity index (χ1) is 18.0. The number of amides is 3. The molecule has 202 valence electrons. The minimum absolute atomic E-state index is 0.0487. The second kappa shape index (κ2) is 13.9. The Morgan fingerprint density at radius 2 is 1.68 bits per heavy atom. The Morgan fingerprint density at radius 1 is 1.03 bits per heavy atom. The maximum atomic E-state index is 12.2. The Hall–Kier alpha value is -4.25. The summed E-state index contributed by atoms with van der Waals surface area (Å²) in [5, 5.41) is 32.0. The van der Waals surface area contributed by atoms with E-state index < -0.39 is 11.9 Å². The number of anilines is 2. The number of primary amides is 1. The second-order valence-electron chi connectivity index (χ2n) is 8.35. The van der Waals surface area contributed by atoms with Gasteiger partial charge in [0.1, 0.15) is 16.5 Å². The Morgan fingerprint density at radius 3 is 2.21 bits per heavy atom. The molecule has 0 fully saturated rings. The van der Waals surface area contributed by atoms with E-state index in [0.29, 0.717) is 22.5 Å². The molecule has 1 heterocycles. The highest BCUT2D eigenvalue weighted by Gasteiger charge is 2.22. The van der Waals surface area contributed by atoms with Crippen molar-refractivity contribution in [3.8, 4) is 11.5 Å². The van der Waals surface area contributed by atoms with E-state index in [1.807, 2.05) is 26.8 Å². The highest BCUT2D eigenvalue weighted by Crippen LogP contribution is 2.35. The topological polar surface area (TPSA) is 166 Å². The number of urea groups is 1. The largest absolute Gasteiger partial charge is 0.508 e. The molecule has 0 saturated carbocycles. The third-order valence-corrected chi connectivity index (χ3v) is 6.66. The van der Waals surface area contributed by atoms with Crippen molar-refractivity contribution in [2.45, 2.75) is 47.0 Å². The SMILES string of the molecule is CCCc1c(CC)sc(NC(=O)Nc2cc(O)cc(O)c2)c1C(N)=O.CN=Nc1cc(C(C)=O)ccc1C. The lowest BCUT2D eigenvalue weighted by Gasteiger charge is -2.09. The van der Waals surface area contributed by atoms with E-state index >= 15 is 0 Å². The molecule has 0 atom stereocenters.